The standard InChI is InChI=1S/C19H37ClO7P2/c1-2-3-4-5-6-7-8-9-10-11-12-13-14-15-16-17-18(21)27-29(25,26)19(20)28(22,23)24/h9-10,19H,2-8,11-17H2,1H3,(H,25,26)(H2,22,23,24)/b10-9-. The van der Waals surface area contributed by atoms with Crippen molar-refractivity contribution >= 4 is 32.8 Å². The van der Waals surface area contributed by atoms with Gasteiger partial charge in [-0.3, -0.25) is 9.36 Å². The summed E-state index contributed by atoms with van der Waals surface area (Å²) in [5, 5.41) is 0. The number of alkyl halides is 1. The van der Waals surface area contributed by atoms with Crippen LogP contribution in [0.4, 0.5) is 0 Å². The van der Waals surface area contributed by atoms with Crippen LogP contribution in [0.2, 0.25) is 0 Å². The Morgan fingerprint density at radius 1 is 0.862 bits per heavy atom. The zero-order valence-corrected chi connectivity index (χ0v) is 19.9. The van der Waals surface area contributed by atoms with Gasteiger partial charge in [-0.15, -0.1) is 0 Å². The van der Waals surface area contributed by atoms with Crippen LogP contribution in [-0.4, -0.2) is 25.5 Å². The molecule has 0 radical (unpaired) electrons. The van der Waals surface area contributed by atoms with Crippen molar-refractivity contribution < 1.29 is 33.1 Å². The van der Waals surface area contributed by atoms with Gasteiger partial charge in [-0.05, 0) is 32.1 Å². The van der Waals surface area contributed by atoms with Crippen LogP contribution >= 0.6 is 26.8 Å². The molecule has 0 spiro atoms. The maximum absolute atomic E-state index is 11.6. The SMILES string of the molecule is CCCCCCCC/C=C\CCCCCCCC(=O)OP(=O)(O)C(Cl)P(=O)(O)O. The van der Waals surface area contributed by atoms with Gasteiger partial charge >= 0.3 is 21.2 Å². The van der Waals surface area contributed by atoms with Gasteiger partial charge in [-0.1, -0.05) is 82.0 Å². The van der Waals surface area contributed by atoms with Crippen molar-refractivity contribution in [3.05, 3.63) is 12.2 Å². The second kappa shape index (κ2) is 16.5. The molecule has 0 rings (SSSR count). The first-order valence-electron chi connectivity index (χ1n) is 10.5. The van der Waals surface area contributed by atoms with Gasteiger partial charge in [0.1, 0.15) is 0 Å². The van der Waals surface area contributed by atoms with Crippen molar-refractivity contribution in [2.24, 2.45) is 0 Å². The fourth-order valence-electron chi connectivity index (χ4n) is 2.77. The minimum Gasteiger partial charge on any atom is -0.390 e. The summed E-state index contributed by atoms with van der Waals surface area (Å²) in [5.74, 6) is -0.979. The Morgan fingerprint density at radius 3 is 1.79 bits per heavy atom. The van der Waals surface area contributed by atoms with E-state index in [1.165, 1.54) is 38.5 Å². The van der Waals surface area contributed by atoms with E-state index >= 15 is 0 Å². The van der Waals surface area contributed by atoms with Crippen LogP contribution in [0.3, 0.4) is 0 Å². The van der Waals surface area contributed by atoms with Crippen molar-refractivity contribution in [2.45, 2.75) is 102 Å². The molecule has 0 heterocycles. The number of carbonyl (C=O) groups excluding carboxylic acids is 1. The van der Waals surface area contributed by atoms with Crippen LogP contribution in [-0.2, 0) is 18.4 Å². The van der Waals surface area contributed by atoms with Crippen molar-refractivity contribution in [1.82, 2.24) is 0 Å². The normalized spacial score (nSPS) is 15.3. The molecule has 0 aromatic carbocycles. The monoisotopic (exact) mass is 474 g/mol. The van der Waals surface area contributed by atoms with Gasteiger partial charge in [-0.2, -0.15) is 0 Å². The Balaban J connectivity index is 3.63. The molecule has 2 unspecified atom stereocenters. The number of rotatable bonds is 18. The Hall–Kier alpha value is -0.160. The van der Waals surface area contributed by atoms with E-state index in [1.807, 2.05) is 0 Å². The molecule has 0 aliphatic rings. The highest BCUT2D eigenvalue weighted by Crippen LogP contribution is 2.64. The third kappa shape index (κ3) is 16.2. The molecule has 29 heavy (non-hydrogen) atoms. The molecular weight excluding hydrogens is 438 g/mol. The molecule has 2 atom stereocenters. The second-order valence-corrected chi connectivity index (χ2v) is 12.2. The average Bonchev–Trinajstić information content (AvgIpc) is 2.63. The lowest BCUT2D eigenvalue weighted by Crippen LogP contribution is -2.09. The van der Waals surface area contributed by atoms with E-state index in [4.69, 9.17) is 21.4 Å². The number of carbonyl (C=O) groups is 1. The lowest BCUT2D eigenvalue weighted by Gasteiger charge is -2.17. The number of allylic oxidation sites excluding steroid dienone is 2. The van der Waals surface area contributed by atoms with Crippen LogP contribution in [0.15, 0.2) is 12.2 Å². The minimum atomic E-state index is -5.03. The highest BCUT2D eigenvalue weighted by Gasteiger charge is 2.46. The minimum absolute atomic E-state index is 0.0898. The lowest BCUT2D eigenvalue weighted by atomic mass is 10.1. The highest BCUT2D eigenvalue weighted by molar-refractivity contribution is 7.74. The molecule has 0 aliphatic carbocycles. The summed E-state index contributed by atoms with van der Waals surface area (Å²) in [5.41, 5.74) is 0. The molecule has 0 aromatic heterocycles. The zero-order valence-electron chi connectivity index (χ0n) is 17.4. The molecule has 0 bridgehead atoms. The maximum atomic E-state index is 11.6. The van der Waals surface area contributed by atoms with E-state index in [0.717, 1.165) is 38.5 Å². The summed E-state index contributed by atoms with van der Waals surface area (Å²) in [7, 11) is -9.93. The summed E-state index contributed by atoms with van der Waals surface area (Å²) in [6.45, 7) is 2.22. The van der Waals surface area contributed by atoms with Crippen LogP contribution in [0.1, 0.15) is 96.8 Å². The van der Waals surface area contributed by atoms with E-state index in [1.54, 1.807) is 0 Å². The summed E-state index contributed by atoms with van der Waals surface area (Å²) in [6.07, 6.45) is 18.8. The lowest BCUT2D eigenvalue weighted by molar-refractivity contribution is -0.134. The number of halogens is 1. The van der Waals surface area contributed by atoms with Gasteiger partial charge in [0, 0.05) is 6.42 Å². The molecule has 7 nitrogen and oxygen atoms in total. The first-order chi connectivity index (χ1) is 13.6. The van der Waals surface area contributed by atoms with Crippen molar-refractivity contribution in [3.8, 4) is 0 Å². The zero-order chi connectivity index (χ0) is 22.2. The molecule has 172 valence electrons. The van der Waals surface area contributed by atoms with Gasteiger partial charge < -0.3 is 19.2 Å². The smallest absolute Gasteiger partial charge is 0.390 e. The van der Waals surface area contributed by atoms with E-state index in [0.29, 0.717) is 6.42 Å². The number of unbranched alkanes of at least 4 members (excludes halogenated alkanes) is 11. The van der Waals surface area contributed by atoms with E-state index in [-0.39, 0.29) is 6.42 Å². The van der Waals surface area contributed by atoms with Crippen LogP contribution in [0, 0.1) is 0 Å². The number of hydrogen-bond acceptors (Lipinski definition) is 4. The molecule has 0 saturated carbocycles. The van der Waals surface area contributed by atoms with Crippen molar-refractivity contribution in [2.75, 3.05) is 0 Å². The van der Waals surface area contributed by atoms with E-state index < -0.39 is 26.0 Å². The third-order valence-electron chi connectivity index (χ3n) is 4.42. The molecule has 0 saturated heterocycles. The summed E-state index contributed by atoms with van der Waals surface area (Å²) < 4.78 is 26.8. The first-order valence-corrected chi connectivity index (χ1v) is 14.3. The molecule has 10 heteroatoms. The Labute approximate surface area is 180 Å². The molecule has 0 fully saturated rings. The molecular formula is C19H37ClO7P2. The summed E-state index contributed by atoms with van der Waals surface area (Å²) >= 11 is 5.23. The quantitative estimate of drug-likeness (QED) is 0.0902. The Bertz CT molecular complexity index is 563. The predicted octanol–water partition coefficient (Wildman–Crippen LogP) is 6.45. The Kier molecular flexibility index (Phi) is 16.4. The Morgan fingerprint density at radius 2 is 1.31 bits per heavy atom. The van der Waals surface area contributed by atoms with Gasteiger partial charge in [0.25, 0.3) is 0 Å². The largest absolute Gasteiger partial charge is 0.408 e. The average molecular weight is 475 g/mol. The summed E-state index contributed by atoms with van der Waals surface area (Å²) in [4.78, 5) is 36.1. The molecule has 0 amide bonds. The van der Waals surface area contributed by atoms with Gasteiger partial charge in [0.15, 0.2) is 0 Å². The fraction of sp³-hybridized carbons (Fsp3) is 0.842. The van der Waals surface area contributed by atoms with E-state index in [2.05, 4.69) is 23.6 Å². The molecule has 0 aliphatic heterocycles. The number of hydrogen-bond donors (Lipinski definition) is 3. The van der Waals surface area contributed by atoms with Crippen molar-refractivity contribution in [1.29, 1.82) is 0 Å². The maximum Gasteiger partial charge on any atom is 0.408 e. The molecule has 0 aromatic rings. The second-order valence-electron chi connectivity index (χ2n) is 7.26. The first kappa shape index (κ1) is 28.8. The topological polar surface area (TPSA) is 121 Å². The third-order valence-corrected chi connectivity index (χ3v) is 9.26. The van der Waals surface area contributed by atoms with E-state index in [9.17, 15) is 18.8 Å². The fourth-order valence-corrected chi connectivity index (χ4v) is 5.02. The predicted molar refractivity (Wildman–Crippen MR) is 117 cm³/mol. The van der Waals surface area contributed by atoms with Gasteiger partial charge in [0.05, 0.1) is 0 Å². The van der Waals surface area contributed by atoms with Crippen LogP contribution < -0.4 is 0 Å². The van der Waals surface area contributed by atoms with Gasteiger partial charge in [-0.25, -0.2) is 4.57 Å². The highest BCUT2D eigenvalue weighted by atomic mass is 35.5. The van der Waals surface area contributed by atoms with Crippen LogP contribution in [0.5, 0.6) is 0 Å². The molecule has 3 N–H and O–H groups in total. The van der Waals surface area contributed by atoms with Crippen molar-refractivity contribution in [3.63, 3.8) is 0 Å². The van der Waals surface area contributed by atoms with Crippen LogP contribution in [0.25, 0.3) is 0 Å². The van der Waals surface area contributed by atoms with Gasteiger partial charge in [0.2, 0.25) is 4.86 Å². The summed E-state index contributed by atoms with van der Waals surface area (Å²) in [6, 6.07) is 0.